The molecule has 2 heterocycles. The molecule has 0 radical (unpaired) electrons. The molecule has 19 heavy (non-hydrogen) atoms. The summed E-state index contributed by atoms with van der Waals surface area (Å²) in [4.78, 5) is 4.10. The summed E-state index contributed by atoms with van der Waals surface area (Å²) in [6.07, 6.45) is 6.89. The van der Waals surface area contributed by atoms with Gasteiger partial charge in [-0.2, -0.15) is 5.10 Å². The zero-order valence-corrected chi connectivity index (χ0v) is 11.9. The predicted molar refractivity (Wildman–Crippen MR) is 76.7 cm³/mol. The van der Waals surface area contributed by atoms with Crippen molar-refractivity contribution in [1.82, 2.24) is 20.1 Å². The highest BCUT2D eigenvalue weighted by Gasteiger charge is 2.04. The lowest BCUT2D eigenvalue weighted by Crippen LogP contribution is -2.14. The van der Waals surface area contributed by atoms with E-state index < -0.39 is 0 Å². The summed E-state index contributed by atoms with van der Waals surface area (Å²) < 4.78 is 2.04. The number of pyridine rings is 1. The molecule has 0 fully saturated rings. The van der Waals surface area contributed by atoms with Crippen LogP contribution in [0.2, 0.25) is 0 Å². The van der Waals surface area contributed by atoms with E-state index in [-0.39, 0.29) is 0 Å². The van der Waals surface area contributed by atoms with Gasteiger partial charge in [0.1, 0.15) is 0 Å². The Balaban J connectivity index is 1.86. The molecule has 1 unspecified atom stereocenters. The summed E-state index contributed by atoms with van der Waals surface area (Å²) in [5.74, 6) is 0. The lowest BCUT2D eigenvalue weighted by atomic mass is 10.1. The molecular weight excluding hydrogens is 236 g/mol. The van der Waals surface area contributed by atoms with E-state index in [0.29, 0.717) is 6.04 Å². The summed E-state index contributed by atoms with van der Waals surface area (Å²) in [7, 11) is 0. The third kappa shape index (κ3) is 3.64. The second-order valence-electron chi connectivity index (χ2n) is 4.95. The van der Waals surface area contributed by atoms with Gasteiger partial charge in [-0.1, -0.05) is 6.92 Å². The van der Waals surface area contributed by atoms with Crippen LogP contribution in [-0.2, 0) is 13.1 Å². The molecule has 4 heteroatoms. The molecule has 0 saturated carbocycles. The lowest BCUT2D eigenvalue weighted by Gasteiger charge is -2.08. The van der Waals surface area contributed by atoms with Crippen LogP contribution in [0, 0.1) is 6.92 Å². The minimum absolute atomic E-state index is 0.469. The molecule has 102 valence electrons. The second-order valence-corrected chi connectivity index (χ2v) is 4.95. The molecule has 0 saturated heterocycles. The minimum Gasteiger partial charge on any atom is -0.307 e. The van der Waals surface area contributed by atoms with Crippen LogP contribution < -0.4 is 5.32 Å². The first kappa shape index (κ1) is 13.7. The van der Waals surface area contributed by atoms with E-state index in [0.717, 1.165) is 25.2 Å². The first-order valence-electron chi connectivity index (χ1n) is 6.85. The van der Waals surface area contributed by atoms with E-state index >= 15 is 0 Å². The van der Waals surface area contributed by atoms with Crippen molar-refractivity contribution in [2.24, 2.45) is 0 Å². The molecule has 4 nitrogen and oxygen atoms in total. The van der Waals surface area contributed by atoms with Crippen molar-refractivity contribution in [2.45, 2.75) is 46.3 Å². The number of hydrogen-bond acceptors (Lipinski definition) is 3. The summed E-state index contributed by atoms with van der Waals surface area (Å²) in [6, 6.07) is 4.61. The number of nitrogens with zero attached hydrogens (tertiary/aromatic N) is 3. The van der Waals surface area contributed by atoms with Gasteiger partial charge in [0.25, 0.3) is 0 Å². The molecule has 2 aromatic rings. The summed E-state index contributed by atoms with van der Waals surface area (Å²) in [6.45, 7) is 8.10. The van der Waals surface area contributed by atoms with E-state index in [4.69, 9.17) is 0 Å². The zero-order chi connectivity index (χ0) is 13.7. The van der Waals surface area contributed by atoms with Gasteiger partial charge >= 0.3 is 0 Å². The van der Waals surface area contributed by atoms with Gasteiger partial charge in [-0.3, -0.25) is 9.67 Å². The molecule has 0 aliphatic rings. The van der Waals surface area contributed by atoms with Crippen LogP contribution in [0.5, 0.6) is 0 Å². The fourth-order valence-corrected chi connectivity index (χ4v) is 1.93. The van der Waals surface area contributed by atoms with E-state index in [1.807, 2.05) is 17.1 Å². The highest BCUT2D eigenvalue weighted by molar-refractivity contribution is 5.21. The SMILES string of the molecule is CCC(C)n1ccc(CNCc2ccncc2C)n1. The van der Waals surface area contributed by atoms with Crippen molar-refractivity contribution in [1.29, 1.82) is 0 Å². The number of aryl methyl sites for hydroxylation is 1. The average molecular weight is 258 g/mol. The topological polar surface area (TPSA) is 42.7 Å². The number of nitrogens with one attached hydrogen (secondary N) is 1. The van der Waals surface area contributed by atoms with Crippen molar-refractivity contribution in [3.63, 3.8) is 0 Å². The monoisotopic (exact) mass is 258 g/mol. The Bertz CT molecular complexity index is 518. The van der Waals surface area contributed by atoms with Crippen molar-refractivity contribution >= 4 is 0 Å². The molecule has 0 aromatic carbocycles. The van der Waals surface area contributed by atoms with Crippen LogP contribution in [0.4, 0.5) is 0 Å². The zero-order valence-electron chi connectivity index (χ0n) is 11.9. The van der Waals surface area contributed by atoms with Crippen molar-refractivity contribution in [2.75, 3.05) is 0 Å². The van der Waals surface area contributed by atoms with Crippen LogP contribution in [0.1, 0.15) is 43.1 Å². The maximum atomic E-state index is 4.58. The maximum Gasteiger partial charge on any atom is 0.0762 e. The molecule has 0 spiro atoms. The van der Waals surface area contributed by atoms with Gasteiger partial charge in [-0.05, 0) is 43.5 Å². The molecule has 0 aliphatic carbocycles. The van der Waals surface area contributed by atoms with Crippen LogP contribution in [0.3, 0.4) is 0 Å². The standard InChI is InChI=1S/C15H22N4/c1-4-13(3)19-8-6-15(18-19)11-17-10-14-5-7-16-9-12(14)2/h5-9,13,17H,4,10-11H2,1-3H3. The summed E-state index contributed by atoms with van der Waals surface area (Å²) in [5, 5.41) is 8.00. The fourth-order valence-electron chi connectivity index (χ4n) is 1.93. The van der Waals surface area contributed by atoms with Crippen LogP contribution in [-0.4, -0.2) is 14.8 Å². The molecule has 0 bridgehead atoms. The molecule has 1 N–H and O–H groups in total. The van der Waals surface area contributed by atoms with E-state index in [1.165, 1.54) is 11.1 Å². The first-order valence-corrected chi connectivity index (χ1v) is 6.85. The second kappa shape index (κ2) is 6.48. The van der Waals surface area contributed by atoms with Gasteiger partial charge in [-0.15, -0.1) is 0 Å². The molecule has 2 aromatic heterocycles. The Kier molecular flexibility index (Phi) is 4.68. The van der Waals surface area contributed by atoms with Gasteiger partial charge in [-0.25, -0.2) is 0 Å². The Morgan fingerprint density at radius 3 is 2.89 bits per heavy atom. The van der Waals surface area contributed by atoms with Gasteiger partial charge in [0, 0.05) is 37.7 Å². The average Bonchev–Trinajstić information content (AvgIpc) is 2.89. The Morgan fingerprint density at radius 2 is 2.16 bits per heavy atom. The van der Waals surface area contributed by atoms with Gasteiger partial charge in [0.05, 0.1) is 5.69 Å². The smallest absolute Gasteiger partial charge is 0.0762 e. The van der Waals surface area contributed by atoms with Crippen molar-refractivity contribution in [3.8, 4) is 0 Å². The fraction of sp³-hybridized carbons (Fsp3) is 0.467. The third-order valence-electron chi connectivity index (χ3n) is 3.46. The quantitative estimate of drug-likeness (QED) is 0.866. The molecule has 1 atom stereocenters. The van der Waals surface area contributed by atoms with Crippen LogP contribution in [0.15, 0.2) is 30.7 Å². The van der Waals surface area contributed by atoms with E-state index in [9.17, 15) is 0 Å². The highest BCUT2D eigenvalue weighted by Crippen LogP contribution is 2.09. The summed E-state index contributed by atoms with van der Waals surface area (Å²) >= 11 is 0. The normalized spacial score (nSPS) is 12.6. The molecule has 2 rings (SSSR count). The largest absolute Gasteiger partial charge is 0.307 e. The number of rotatable bonds is 6. The van der Waals surface area contributed by atoms with Gasteiger partial charge in [0.15, 0.2) is 0 Å². The van der Waals surface area contributed by atoms with Crippen molar-refractivity contribution < 1.29 is 0 Å². The number of hydrogen-bond donors (Lipinski definition) is 1. The molecular formula is C15H22N4. The van der Waals surface area contributed by atoms with E-state index in [1.54, 1.807) is 0 Å². The Hall–Kier alpha value is -1.68. The third-order valence-corrected chi connectivity index (χ3v) is 3.46. The Labute approximate surface area is 114 Å². The van der Waals surface area contributed by atoms with E-state index in [2.05, 4.69) is 54.5 Å². The van der Waals surface area contributed by atoms with Crippen LogP contribution >= 0.6 is 0 Å². The van der Waals surface area contributed by atoms with Crippen LogP contribution in [0.25, 0.3) is 0 Å². The maximum absolute atomic E-state index is 4.58. The van der Waals surface area contributed by atoms with Gasteiger partial charge < -0.3 is 5.32 Å². The minimum atomic E-state index is 0.469. The van der Waals surface area contributed by atoms with Crippen molar-refractivity contribution in [3.05, 3.63) is 47.5 Å². The lowest BCUT2D eigenvalue weighted by molar-refractivity contribution is 0.471. The van der Waals surface area contributed by atoms with Gasteiger partial charge in [0.2, 0.25) is 0 Å². The molecule has 0 aliphatic heterocycles. The first-order chi connectivity index (χ1) is 9.20. The number of aromatic nitrogens is 3. The Morgan fingerprint density at radius 1 is 1.32 bits per heavy atom. The predicted octanol–water partition coefficient (Wildman–Crippen LogP) is 2.85. The summed E-state index contributed by atoms with van der Waals surface area (Å²) in [5.41, 5.74) is 3.60. The molecule has 0 amide bonds. The highest BCUT2D eigenvalue weighted by atomic mass is 15.3.